The smallest absolute Gasteiger partial charge is 0.0795 e. The predicted molar refractivity (Wildman–Crippen MR) is 86.9 cm³/mol. The van der Waals surface area contributed by atoms with E-state index in [0.717, 1.165) is 36.8 Å². The van der Waals surface area contributed by atoms with Crippen LogP contribution in [-0.4, -0.2) is 21.6 Å². The molecule has 6 atom stereocenters. The van der Waals surface area contributed by atoms with Crippen LogP contribution in [0, 0.1) is 29.1 Å². The van der Waals surface area contributed by atoms with Crippen LogP contribution in [0.15, 0.2) is 16.8 Å². The maximum absolute atomic E-state index is 10.9. The Balaban J connectivity index is 1.63. The van der Waals surface area contributed by atoms with Crippen LogP contribution in [-0.2, 0) is 0 Å². The van der Waals surface area contributed by atoms with E-state index in [2.05, 4.69) is 25.1 Å². The standard InChI is InChI=1S/C19H29NO2/c1-18-9-7-15-14-6-4-13(20-22)11-12(14)3-5-16(15)17(18)8-10-19(18,2)21/h11,14-17,21-22H,3-10H2,1-2H3/b20-13+/t14-,15+,16+,17-,18-,19-/m0/s1. The number of nitrogens with zero attached hydrogens (tertiary/aromatic N) is 1. The van der Waals surface area contributed by atoms with E-state index in [4.69, 9.17) is 5.21 Å². The molecule has 0 radical (unpaired) electrons. The van der Waals surface area contributed by atoms with Gasteiger partial charge in [0.1, 0.15) is 0 Å². The van der Waals surface area contributed by atoms with Gasteiger partial charge in [-0.3, -0.25) is 0 Å². The number of hydrogen-bond acceptors (Lipinski definition) is 3. The zero-order valence-electron chi connectivity index (χ0n) is 13.9. The summed E-state index contributed by atoms with van der Waals surface area (Å²) in [5.41, 5.74) is 2.06. The molecule has 4 aliphatic carbocycles. The van der Waals surface area contributed by atoms with Crippen LogP contribution in [0.25, 0.3) is 0 Å². The third-order valence-electron chi connectivity index (χ3n) is 8.01. The number of oxime groups is 1. The van der Waals surface area contributed by atoms with Gasteiger partial charge in [-0.05, 0) is 93.5 Å². The molecule has 4 rings (SSSR count). The highest BCUT2D eigenvalue weighted by atomic mass is 16.4. The predicted octanol–water partition coefficient (Wildman–Crippen LogP) is 4.14. The summed E-state index contributed by atoms with van der Waals surface area (Å²) in [5.74, 6) is 3.00. The first kappa shape index (κ1) is 14.7. The van der Waals surface area contributed by atoms with Crippen molar-refractivity contribution in [3.05, 3.63) is 11.6 Å². The lowest BCUT2D eigenvalue weighted by Crippen LogP contribution is -2.51. The quantitative estimate of drug-likeness (QED) is 0.522. The molecule has 0 unspecified atom stereocenters. The fraction of sp³-hybridized carbons (Fsp3) is 0.842. The SMILES string of the molecule is C[C@]1(O)CC[C@H]2[C@@H]3CCC4=C/C(=N/O)CC[C@@H]4[C@H]3CC[C@@]21C. The van der Waals surface area contributed by atoms with Crippen LogP contribution in [0.3, 0.4) is 0 Å². The van der Waals surface area contributed by atoms with E-state index >= 15 is 0 Å². The van der Waals surface area contributed by atoms with Gasteiger partial charge >= 0.3 is 0 Å². The van der Waals surface area contributed by atoms with Crippen molar-refractivity contribution in [3.63, 3.8) is 0 Å². The lowest BCUT2D eigenvalue weighted by Gasteiger charge is -2.55. The minimum Gasteiger partial charge on any atom is -0.411 e. The highest BCUT2D eigenvalue weighted by Gasteiger charge is 2.60. The third-order valence-corrected chi connectivity index (χ3v) is 8.01. The van der Waals surface area contributed by atoms with Crippen molar-refractivity contribution >= 4 is 5.71 Å². The van der Waals surface area contributed by atoms with Gasteiger partial charge in [0.15, 0.2) is 0 Å². The summed E-state index contributed by atoms with van der Waals surface area (Å²) >= 11 is 0. The molecule has 0 aliphatic heterocycles. The molecule has 0 aromatic rings. The summed E-state index contributed by atoms with van der Waals surface area (Å²) in [4.78, 5) is 0. The van der Waals surface area contributed by atoms with Crippen molar-refractivity contribution in [3.8, 4) is 0 Å². The number of fused-ring (bicyclic) bond motifs is 5. The Hall–Kier alpha value is -0.830. The molecule has 0 heterocycles. The molecule has 0 aromatic carbocycles. The van der Waals surface area contributed by atoms with Crippen molar-refractivity contribution in [1.82, 2.24) is 0 Å². The molecule has 3 saturated carbocycles. The maximum atomic E-state index is 10.9. The van der Waals surface area contributed by atoms with Crippen LogP contribution in [0.4, 0.5) is 0 Å². The van der Waals surface area contributed by atoms with Crippen molar-refractivity contribution in [2.24, 2.45) is 34.2 Å². The highest BCUT2D eigenvalue weighted by Crippen LogP contribution is 2.64. The van der Waals surface area contributed by atoms with Gasteiger partial charge in [-0.2, -0.15) is 0 Å². The van der Waals surface area contributed by atoms with Gasteiger partial charge in [0, 0.05) is 0 Å². The molecular formula is C19H29NO2. The molecule has 3 heteroatoms. The molecule has 0 bridgehead atoms. The average Bonchev–Trinajstić information content (AvgIpc) is 2.76. The van der Waals surface area contributed by atoms with Crippen molar-refractivity contribution < 1.29 is 10.3 Å². The molecule has 0 spiro atoms. The van der Waals surface area contributed by atoms with Crippen molar-refractivity contribution in [1.29, 1.82) is 0 Å². The lowest BCUT2D eigenvalue weighted by atomic mass is 9.51. The number of allylic oxidation sites excluding steroid dienone is 2. The molecule has 0 aromatic heterocycles. The van der Waals surface area contributed by atoms with Crippen LogP contribution in [0.2, 0.25) is 0 Å². The van der Waals surface area contributed by atoms with Crippen LogP contribution in [0.5, 0.6) is 0 Å². The van der Waals surface area contributed by atoms with Gasteiger partial charge < -0.3 is 10.3 Å². The van der Waals surface area contributed by atoms with Crippen molar-refractivity contribution in [2.45, 2.75) is 70.8 Å². The van der Waals surface area contributed by atoms with Gasteiger partial charge in [-0.1, -0.05) is 17.7 Å². The summed E-state index contributed by atoms with van der Waals surface area (Å²) < 4.78 is 0. The Morgan fingerprint density at radius 3 is 2.64 bits per heavy atom. The average molecular weight is 303 g/mol. The van der Waals surface area contributed by atoms with Gasteiger partial charge in [-0.25, -0.2) is 0 Å². The van der Waals surface area contributed by atoms with Crippen LogP contribution < -0.4 is 0 Å². The molecule has 3 nitrogen and oxygen atoms in total. The molecule has 0 saturated heterocycles. The van der Waals surface area contributed by atoms with Gasteiger partial charge in [0.05, 0.1) is 11.3 Å². The fourth-order valence-electron chi connectivity index (χ4n) is 6.52. The molecule has 0 amide bonds. The van der Waals surface area contributed by atoms with Gasteiger partial charge in [0.2, 0.25) is 0 Å². The summed E-state index contributed by atoms with van der Waals surface area (Å²) in [7, 11) is 0. The monoisotopic (exact) mass is 303 g/mol. The Bertz CT molecular complexity index is 536. The third kappa shape index (κ3) is 1.87. The first-order valence-corrected chi connectivity index (χ1v) is 9.10. The Morgan fingerprint density at radius 2 is 1.86 bits per heavy atom. The number of aliphatic hydroxyl groups is 1. The zero-order chi connectivity index (χ0) is 15.5. The first-order chi connectivity index (χ1) is 10.5. The lowest BCUT2D eigenvalue weighted by molar-refractivity contribution is -0.106. The topological polar surface area (TPSA) is 52.8 Å². The van der Waals surface area contributed by atoms with Gasteiger partial charge in [-0.15, -0.1) is 0 Å². The van der Waals surface area contributed by atoms with E-state index in [0.29, 0.717) is 11.8 Å². The van der Waals surface area contributed by atoms with Gasteiger partial charge in [0.25, 0.3) is 0 Å². The Morgan fingerprint density at radius 1 is 1.05 bits per heavy atom. The maximum Gasteiger partial charge on any atom is 0.0795 e. The minimum atomic E-state index is -0.470. The molecule has 122 valence electrons. The Kier molecular flexibility index (Phi) is 3.24. The second kappa shape index (κ2) is 4.83. The summed E-state index contributed by atoms with van der Waals surface area (Å²) in [6.45, 7) is 4.43. The van der Waals surface area contributed by atoms with E-state index in [1.807, 2.05) is 0 Å². The number of hydrogen-bond donors (Lipinski definition) is 2. The number of rotatable bonds is 0. The second-order valence-electron chi connectivity index (χ2n) is 8.70. The van der Waals surface area contributed by atoms with E-state index < -0.39 is 5.60 Å². The molecule has 3 fully saturated rings. The Labute approximate surface area is 133 Å². The zero-order valence-corrected chi connectivity index (χ0v) is 13.9. The van der Waals surface area contributed by atoms with Crippen molar-refractivity contribution in [2.75, 3.05) is 0 Å². The molecule has 22 heavy (non-hydrogen) atoms. The van der Waals surface area contributed by atoms with E-state index in [-0.39, 0.29) is 5.41 Å². The highest BCUT2D eigenvalue weighted by molar-refractivity contribution is 5.96. The van der Waals surface area contributed by atoms with E-state index in [9.17, 15) is 5.11 Å². The minimum absolute atomic E-state index is 0.127. The second-order valence-corrected chi connectivity index (χ2v) is 8.70. The van der Waals surface area contributed by atoms with Crippen LogP contribution >= 0.6 is 0 Å². The summed E-state index contributed by atoms with van der Waals surface area (Å²) in [6.07, 6.45) is 11.3. The van der Waals surface area contributed by atoms with E-state index in [1.165, 1.54) is 37.7 Å². The largest absolute Gasteiger partial charge is 0.411 e. The fourth-order valence-corrected chi connectivity index (χ4v) is 6.52. The molecular weight excluding hydrogens is 274 g/mol. The summed E-state index contributed by atoms with van der Waals surface area (Å²) in [5, 5.41) is 23.4. The molecule has 4 aliphatic rings. The summed E-state index contributed by atoms with van der Waals surface area (Å²) in [6, 6.07) is 0. The van der Waals surface area contributed by atoms with Crippen LogP contribution in [0.1, 0.15) is 65.2 Å². The molecule has 2 N–H and O–H groups in total. The van der Waals surface area contributed by atoms with E-state index in [1.54, 1.807) is 0 Å². The first-order valence-electron chi connectivity index (χ1n) is 9.10. The normalized spacial score (nSPS) is 52.7.